The fourth-order valence-corrected chi connectivity index (χ4v) is 13.8. The van der Waals surface area contributed by atoms with Gasteiger partial charge in [0.05, 0.1) is 11.4 Å². The quantitative estimate of drug-likeness (QED) is 0.142. The van der Waals surface area contributed by atoms with E-state index in [0.717, 1.165) is 145 Å². The van der Waals surface area contributed by atoms with Gasteiger partial charge in [-0.2, -0.15) is 0 Å². The van der Waals surface area contributed by atoms with Gasteiger partial charge in [-0.05, 0) is 122 Å². The average molecular weight is 1090 g/mol. The summed E-state index contributed by atoms with van der Waals surface area (Å²) >= 11 is 7.89. The number of benzene rings is 13. The Balaban J connectivity index is 0.990. The Kier molecular flexibility index (Phi) is 11.1. The van der Waals surface area contributed by atoms with Crippen LogP contribution in [0.1, 0.15) is 0 Å². The minimum absolute atomic E-state index is 0.221. The lowest BCUT2D eigenvalue weighted by molar-refractivity contribution is 0.668. The van der Waals surface area contributed by atoms with Crippen molar-refractivity contribution in [3.05, 3.63) is 296 Å². The third-order valence-corrected chi connectivity index (χ3v) is 17.5. The standard InChI is InChI=1S/C78H48BClN2O2/c80-57-47-70-76-71(48-57)82(78-60(51-23-9-3-10-24-51)31-18-32-61(78)52-25-11-4-12-26-52)69-46-56(54-38-42-75-65(44-54)63-28-14-16-34-73(63)84-75)36-40-67(69)79(76)66-39-35-55(53-37-41-74-64(43-53)62-27-13-15-33-72(62)83-74)45-68(66)81(70)77-58(49-19-5-1-6-20-49)29-17-30-59(77)50-21-7-2-8-22-50/h1-48H. The van der Waals surface area contributed by atoms with Crippen molar-refractivity contribution in [2.75, 3.05) is 9.80 Å². The molecule has 0 spiro atoms. The SMILES string of the molecule is Clc1cc2c3c(c1)N(c1c(-c4ccccc4)cccc1-c1ccccc1)c1cc(-c4ccc5oc6ccccc6c5c4)ccc1B3c1ccc(-c3ccc4oc5ccccc5c4c3)cc1N2c1c(-c2ccccc2)cccc1-c1ccccc1. The van der Waals surface area contributed by atoms with Crippen LogP contribution in [0.5, 0.6) is 0 Å². The van der Waals surface area contributed by atoms with Crippen molar-refractivity contribution in [3.8, 4) is 66.8 Å². The summed E-state index contributed by atoms with van der Waals surface area (Å²) in [6.45, 7) is -0.221. The molecule has 84 heavy (non-hydrogen) atoms. The van der Waals surface area contributed by atoms with Crippen molar-refractivity contribution in [1.82, 2.24) is 0 Å². The van der Waals surface area contributed by atoms with Crippen molar-refractivity contribution in [2.45, 2.75) is 0 Å². The van der Waals surface area contributed by atoms with E-state index in [1.807, 2.05) is 24.3 Å². The highest BCUT2D eigenvalue weighted by Crippen LogP contribution is 2.54. The molecule has 0 amide bonds. The third kappa shape index (κ3) is 7.63. The van der Waals surface area contributed by atoms with Gasteiger partial charge in [-0.15, -0.1) is 0 Å². The first kappa shape index (κ1) is 48.2. The van der Waals surface area contributed by atoms with Crippen LogP contribution in [0.4, 0.5) is 34.1 Å². The van der Waals surface area contributed by atoms with Gasteiger partial charge in [-0.1, -0.05) is 242 Å². The minimum atomic E-state index is -0.221. The van der Waals surface area contributed by atoms with Crippen molar-refractivity contribution in [2.24, 2.45) is 0 Å². The summed E-state index contributed by atoms with van der Waals surface area (Å²) in [5.74, 6) is 0. The van der Waals surface area contributed by atoms with Crippen molar-refractivity contribution in [3.63, 3.8) is 0 Å². The molecule has 0 radical (unpaired) electrons. The Morgan fingerprint density at radius 1 is 0.262 bits per heavy atom. The highest BCUT2D eigenvalue weighted by Gasteiger charge is 2.45. The van der Waals surface area contributed by atoms with Crippen LogP contribution in [0.25, 0.3) is 111 Å². The van der Waals surface area contributed by atoms with Crippen LogP contribution >= 0.6 is 11.6 Å². The van der Waals surface area contributed by atoms with E-state index in [0.29, 0.717) is 5.02 Å². The predicted molar refractivity (Wildman–Crippen MR) is 353 cm³/mol. The zero-order valence-corrected chi connectivity index (χ0v) is 46.1. The van der Waals surface area contributed by atoms with Crippen LogP contribution in [-0.4, -0.2) is 6.71 Å². The van der Waals surface area contributed by atoms with Crippen LogP contribution in [-0.2, 0) is 0 Å². The van der Waals surface area contributed by atoms with Gasteiger partial charge in [-0.25, -0.2) is 0 Å². The predicted octanol–water partition coefficient (Wildman–Crippen LogP) is 20.2. The molecule has 0 atom stereocenters. The molecule has 0 bridgehead atoms. The molecular weight excluding hydrogens is 1040 g/mol. The number of furan rings is 2. The van der Waals surface area contributed by atoms with E-state index in [9.17, 15) is 0 Å². The summed E-state index contributed by atoms with van der Waals surface area (Å²) < 4.78 is 12.8. The number of fused-ring (bicyclic) bond motifs is 10. The largest absolute Gasteiger partial charge is 0.456 e. The van der Waals surface area contributed by atoms with E-state index in [4.69, 9.17) is 20.4 Å². The third-order valence-electron chi connectivity index (χ3n) is 17.3. The second kappa shape index (κ2) is 19.3. The van der Waals surface area contributed by atoms with Crippen LogP contribution in [0.2, 0.25) is 5.02 Å². The normalized spacial score (nSPS) is 12.5. The number of rotatable bonds is 8. The molecule has 0 fully saturated rings. The smallest absolute Gasteiger partial charge is 0.252 e. The number of hydrogen-bond donors (Lipinski definition) is 0. The van der Waals surface area contributed by atoms with E-state index < -0.39 is 0 Å². The maximum Gasteiger partial charge on any atom is 0.252 e. The highest BCUT2D eigenvalue weighted by atomic mass is 35.5. The molecule has 4 heterocycles. The average Bonchev–Trinajstić information content (AvgIpc) is 1.16. The summed E-state index contributed by atoms with van der Waals surface area (Å²) in [6, 6.07) is 105. The summed E-state index contributed by atoms with van der Waals surface area (Å²) in [6.07, 6.45) is 0. The molecule has 2 aromatic heterocycles. The van der Waals surface area contributed by atoms with E-state index in [-0.39, 0.29) is 6.71 Å². The minimum Gasteiger partial charge on any atom is -0.456 e. The molecule has 0 saturated carbocycles. The van der Waals surface area contributed by atoms with E-state index in [2.05, 4.69) is 277 Å². The first-order valence-electron chi connectivity index (χ1n) is 28.6. The first-order chi connectivity index (χ1) is 41.6. The molecule has 17 rings (SSSR count). The number of nitrogens with zero attached hydrogens (tertiary/aromatic N) is 2. The molecule has 2 aliphatic heterocycles. The lowest BCUT2D eigenvalue weighted by Gasteiger charge is -2.46. The van der Waals surface area contributed by atoms with Gasteiger partial charge in [0.25, 0.3) is 6.71 Å². The summed E-state index contributed by atoms with van der Waals surface area (Å²) in [5, 5.41) is 4.99. The number of anilines is 6. The molecule has 4 nitrogen and oxygen atoms in total. The topological polar surface area (TPSA) is 32.8 Å². The van der Waals surface area contributed by atoms with Crippen molar-refractivity contribution < 1.29 is 8.83 Å². The highest BCUT2D eigenvalue weighted by molar-refractivity contribution is 7.00. The molecule has 2 aliphatic rings. The number of halogens is 1. The Morgan fingerprint density at radius 3 is 0.988 bits per heavy atom. The van der Waals surface area contributed by atoms with Gasteiger partial charge >= 0.3 is 0 Å². The van der Waals surface area contributed by atoms with Gasteiger partial charge in [0.15, 0.2) is 0 Å². The van der Waals surface area contributed by atoms with Gasteiger partial charge < -0.3 is 18.6 Å². The summed E-state index contributed by atoms with van der Waals surface area (Å²) in [7, 11) is 0. The monoisotopic (exact) mass is 1090 g/mol. The molecule has 6 heteroatoms. The Hall–Kier alpha value is -10.6. The van der Waals surface area contributed by atoms with Gasteiger partial charge in [-0.3, -0.25) is 0 Å². The fraction of sp³-hybridized carbons (Fsp3) is 0. The van der Waals surface area contributed by atoms with Gasteiger partial charge in [0, 0.05) is 71.6 Å². The molecule has 0 saturated heterocycles. The molecule has 0 unspecified atom stereocenters. The lowest BCUT2D eigenvalue weighted by atomic mass is 9.33. The molecule has 0 aliphatic carbocycles. The second-order valence-corrected chi connectivity index (χ2v) is 22.4. The number of para-hydroxylation sites is 4. The second-order valence-electron chi connectivity index (χ2n) is 22.0. The van der Waals surface area contributed by atoms with Crippen LogP contribution in [0.3, 0.4) is 0 Å². The zero-order valence-electron chi connectivity index (χ0n) is 45.4. The van der Waals surface area contributed by atoms with Crippen LogP contribution in [0, 0.1) is 0 Å². The maximum atomic E-state index is 7.89. The molecule has 0 N–H and O–H groups in total. The zero-order chi connectivity index (χ0) is 55.4. The van der Waals surface area contributed by atoms with E-state index in [1.165, 1.54) is 16.4 Å². The molecular formula is C78H48BClN2O2. The maximum absolute atomic E-state index is 7.89. The van der Waals surface area contributed by atoms with E-state index in [1.54, 1.807) is 0 Å². The van der Waals surface area contributed by atoms with Crippen molar-refractivity contribution in [1.29, 1.82) is 0 Å². The Morgan fingerprint density at radius 2 is 0.595 bits per heavy atom. The molecule has 15 aromatic rings. The Labute approximate surface area is 491 Å². The first-order valence-corrected chi connectivity index (χ1v) is 29.0. The Bertz CT molecular complexity index is 4680. The van der Waals surface area contributed by atoms with Gasteiger partial charge in [0.1, 0.15) is 22.3 Å². The molecule has 13 aromatic carbocycles. The summed E-state index contributed by atoms with van der Waals surface area (Å²) in [5.41, 5.74) is 26.6. The fourth-order valence-electron chi connectivity index (χ4n) is 13.6. The number of hydrogen-bond acceptors (Lipinski definition) is 4. The van der Waals surface area contributed by atoms with Gasteiger partial charge in [0.2, 0.25) is 0 Å². The summed E-state index contributed by atoms with van der Waals surface area (Å²) in [4.78, 5) is 5.08. The molecule has 392 valence electrons. The van der Waals surface area contributed by atoms with E-state index >= 15 is 0 Å². The van der Waals surface area contributed by atoms with Crippen LogP contribution in [0.15, 0.2) is 300 Å². The van der Waals surface area contributed by atoms with Crippen LogP contribution < -0.4 is 26.2 Å². The lowest BCUT2D eigenvalue weighted by Crippen LogP contribution is -2.61. The van der Waals surface area contributed by atoms with Crippen molar-refractivity contribution >= 4 is 113 Å².